The molecule has 1 aromatic carbocycles. The van der Waals surface area contributed by atoms with E-state index >= 15 is 0 Å². The van der Waals surface area contributed by atoms with E-state index in [1.54, 1.807) is 11.3 Å². The van der Waals surface area contributed by atoms with E-state index in [0.717, 1.165) is 37.2 Å². The summed E-state index contributed by atoms with van der Waals surface area (Å²) in [6.07, 6.45) is 6.14. The average molecular weight is 328 g/mol. The van der Waals surface area contributed by atoms with Crippen LogP contribution in [-0.2, 0) is 17.6 Å². The molecule has 0 spiro atoms. The SMILES string of the molecule is CCCCCNC(=O)C1CCc2nc(-c3ccccc3)sc2C1. The minimum atomic E-state index is 0.119. The van der Waals surface area contributed by atoms with Gasteiger partial charge in [0.2, 0.25) is 5.91 Å². The van der Waals surface area contributed by atoms with Crippen molar-refractivity contribution in [3.63, 3.8) is 0 Å². The first-order chi connectivity index (χ1) is 11.3. The summed E-state index contributed by atoms with van der Waals surface area (Å²) < 4.78 is 0. The number of hydrogen-bond donors (Lipinski definition) is 1. The number of amides is 1. The minimum Gasteiger partial charge on any atom is -0.356 e. The predicted octanol–water partition coefficient (Wildman–Crippen LogP) is 4.22. The van der Waals surface area contributed by atoms with Gasteiger partial charge in [-0.25, -0.2) is 4.98 Å². The molecule has 0 radical (unpaired) electrons. The predicted molar refractivity (Wildman–Crippen MR) is 95.6 cm³/mol. The molecule has 23 heavy (non-hydrogen) atoms. The molecule has 1 atom stereocenters. The van der Waals surface area contributed by atoms with Crippen molar-refractivity contribution >= 4 is 17.2 Å². The second kappa shape index (κ2) is 7.73. The van der Waals surface area contributed by atoms with Crippen LogP contribution in [0, 0.1) is 5.92 Å². The first kappa shape index (κ1) is 16.2. The van der Waals surface area contributed by atoms with Crippen LogP contribution in [0.1, 0.15) is 43.2 Å². The van der Waals surface area contributed by atoms with Crippen LogP contribution < -0.4 is 5.32 Å². The maximum Gasteiger partial charge on any atom is 0.223 e. The van der Waals surface area contributed by atoms with Gasteiger partial charge in [0.05, 0.1) is 5.69 Å². The maximum absolute atomic E-state index is 12.3. The topological polar surface area (TPSA) is 42.0 Å². The molecule has 1 heterocycles. The lowest BCUT2D eigenvalue weighted by Crippen LogP contribution is -2.34. The Bertz CT molecular complexity index is 651. The van der Waals surface area contributed by atoms with Crippen LogP contribution >= 0.6 is 11.3 Å². The van der Waals surface area contributed by atoms with Crippen molar-refractivity contribution in [3.05, 3.63) is 40.9 Å². The van der Waals surface area contributed by atoms with E-state index in [1.807, 2.05) is 18.2 Å². The number of rotatable bonds is 6. The summed E-state index contributed by atoms with van der Waals surface area (Å²) in [6, 6.07) is 10.3. The Labute approximate surface area is 142 Å². The molecule has 1 unspecified atom stereocenters. The monoisotopic (exact) mass is 328 g/mol. The number of hydrogen-bond acceptors (Lipinski definition) is 3. The highest BCUT2D eigenvalue weighted by Gasteiger charge is 2.27. The Hall–Kier alpha value is -1.68. The highest BCUT2D eigenvalue weighted by Crippen LogP contribution is 2.34. The van der Waals surface area contributed by atoms with E-state index in [2.05, 4.69) is 24.4 Å². The van der Waals surface area contributed by atoms with Gasteiger partial charge in [0.1, 0.15) is 5.01 Å². The summed E-state index contributed by atoms with van der Waals surface area (Å²) in [5.41, 5.74) is 2.37. The number of nitrogens with zero attached hydrogens (tertiary/aromatic N) is 1. The fourth-order valence-electron chi connectivity index (χ4n) is 3.03. The van der Waals surface area contributed by atoms with Crippen molar-refractivity contribution in [2.45, 2.75) is 45.4 Å². The van der Waals surface area contributed by atoms with Gasteiger partial charge in [0.15, 0.2) is 0 Å². The van der Waals surface area contributed by atoms with Gasteiger partial charge in [0.25, 0.3) is 0 Å². The van der Waals surface area contributed by atoms with E-state index in [4.69, 9.17) is 4.98 Å². The van der Waals surface area contributed by atoms with E-state index in [9.17, 15) is 4.79 Å². The number of nitrogens with one attached hydrogen (secondary N) is 1. The van der Waals surface area contributed by atoms with E-state index in [-0.39, 0.29) is 11.8 Å². The molecule has 4 heteroatoms. The van der Waals surface area contributed by atoms with Gasteiger partial charge < -0.3 is 5.32 Å². The number of aryl methyl sites for hydroxylation is 1. The quantitative estimate of drug-likeness (QED) is 0.807. The molecule has 1 aliphatic carbocycles. The minimum absolute atomic E-state index is 0.119. The number of aromatic nitrogens is 1. The van der Waals surface area contributed by atoms with Gasteiger partial charge >= 0.3 is 0 Å². The molecule has 122 valence electrons. The molecule has 0 fully saturated rings. The van der Waals surface area contributed by atoms with Crippen molar-refractivity contribution < 1.29 is 4.79 Å². The van der Waals surface area contributed by atoms with Crippen LogP contribution in [0.3, 0.4) is 0 Å². The van der Waals surface area contributed by atoms with Gasteiger partial charge in [-0.2, -0.15) is 0 Å². The Balaban J connectivity index is 1.62. The lowest BCUT2D eigenvalue weighted by atomic mass is 9.90. The molecule has 0 aliphatic heterocycles. The molecule has 0 saturated carbocycles. The lowest BCUT2D eigenvalue weighted by Gasteiger charge is -2.20. The first-order valence-electron chi connectivity index (χ1n) is 8.59. The second-order valence-corrected chi connectivity index (χ2v) is 7.28. The third kappa shape index (κ3) is 3.99. The first-order valence-corrected chi connectivity index (χ1v) is 9.41. The fourth-order valence-corrected chi connectivity index (χ4v) is 4.23. The number of unbranched alkanes of at least 4 members (excludes halogenated alkanes) is 2. The van der Waals surface area contributed by atoms with Gasteiger partial charge in [-0.05, 0) is 25.7 Å². The van der Waals surface area contributed by atoms with Crippen LogP contribution in [-0.4, -0.2) is 17.4 Å². The van der Waals surface area contributed by atoms with Crippen molar-refractivity contribution in [1.29, 1.82) is 0 Å². The molecular formula is C19H24N2OS. The standard InChI is InChI=1S/C19H24N2OS/c1-2-3-7-12-20-18(22)15-10-11-16-17(13-15)23-19(21-16)14-8-5-4-6-9-14/h4-6,8-9,15H,2-3,7,10-13H2,1H3,(H,20,22). The zero-order valence-corrected chi connectivity index (χ0v) is 14.5. The molecule has 1 aliphatic rings. The smallest absolute Gasteiger partial charge is 0.223 e. The summed E-state index contributed by atoms with van der Waals surface area (Å²) >= 11 is 1.75. The van der Waals surface area contributed by atoms with Crippen molar-refractivity contribution in [3.8, 4) is 10.6 Å². The molecule has 0 saturated heterocycles. The van der Waals surface area contributed by atoms with Crippen molar-refractivity contribution in [2.24, 2.45) is 5.92 Å². The van der Waals surface area contributed by atoms with Gasteiger partial charge in [-0.15, -0.1) is 11.3 Å². The number of carbonyl (C=O) groups is 1. The molecular weight excluding hydrogens is 304 g/mol. The number of fused-ring (bicyclic) bond motifs is 1. The van der Waals surface area contributed by atoms with Gasteiger partial charge in [0, 0.05) is 22.9 Å². The third-order valence-corrected chi connectivity index (χ3v) is 5.58. The lowest BCUT2D eigenvalue weighted by molar-refractivity contribution is -0.125. The van der Waals surface area contributed by atoms with Gasteiger partial charge in [-0.3, -0.25) is 4.79 Å². The van der Waals surface area contributed by atoms with Crippen LogP contribution in [0.5, 0.6) is 0 Å². The van der Waals surface area contributed by atoms with E-state index in [1.165, 1.54) is 29.0 Å². The Kier molecular flexibility index (Phi) is 5.44. The second-order valence-electron chi connectivity index (χ2n) is 6.19. The molecule has 1 aromatic heterocycles. The zero-order valence-electron chi connectivity index (χ0n) is 13.7. The third-order valence-electron chi connectivity index (χ3n) is 4.41. The van der Waals surface area contributed by atoms with Crippen LogP contribution in [0.15, 0.2) is 30.3 Å². The van der Waals surface area contributed by atoms with E-state index in [0.29, 0.717) is 0 Å². The number of benzene rings is 1. The summed E-state index contributed by atoms with van der Waals surface area (Å²) in [6.45, 7) is 2.99. The number of carbonyl (C=O) groups excluding carboxylic acids is 1. The summed E-state index contributed by atoms with van der Waals surface area (Å²) in [5.74, 6) is 0.342. The molecule has 0 bridgehead atoms. The highest BCUT2D eigenvalue weighted by molar-refractivity contribution is 7.15. The summed E-state index contributed by atoms with van der Waals surface area (Å²) in [5, 5.41) is 4.18. The van der Waals surface area contributed by atoms with E-state index < -0.39 is 0 Å². The average Bonchev–Trinajstić information content (AvgIpc) is 3.02. The molecule has 2 aromatic rings. The van der Waals surface area contributed by atoms with Crippen LogP contribution in [0.2, 0.25) is 0 Å². The maximum atomic E-state index is 12.3. The number of thiazole rings is 1. The van der Waals surface area contributed by atoms with Crippen molar-refractivity contribution in [1.82, 2.24) is 10.3 Å². The Morgan fingerprint density at radius 2 is 2.13 bits per heavy atom. The molecule has 3 nitrogen and oxygen atoms in total. The van der Waals surface area contributed by atoms with Crippen molar-refractivity contribution in [2.75, 3.05) is 6.54 Å². The fraction of sp³-hybridized carbons (Fsp3) is 0.474. The zero-order chi connectivity index (χ0) is 16.1. The van der Waals surface area contributed by atoms with Crippen LogP contribution in [0.25, 0.3) is 10.6 Å². The summed E-state index contributed by atoms with van der Waals surface area (Å²) in [7, 11) is 0. The van der Waals surface area contributed by atoms with Crippen LogP contribution in [0.4, 0.5) is 0 Å². The largest absolute Gasteiger partial charge is 0.356 e. The Morgan fingerprint density at radius 3 is 2.91 bits per heavy atom. The van der Waals surface area contributed by atoms with Gasteiger partial charge in [-0.1, -0.05) is 50.1 Å². The molecule has 1 N–H and O–H groups in total. The Morgan fingerprint density at radius 1 is 1.30 bits per heavy atom. The summed E-state index contributed by atoms with van der Waals surface area (Å²) in [4.78, 5) is 18.4. The molecule has 1 amide bonds. The molecule has 3 rings (SSSR count). The highest BCUT2D eigenvalue weighted by atomic mass is 32.1. The normalized spacial score (nSPS) is 16.8.